The average molecular weight is 243 g/mol. The highest BCUT2D eigenvalue weighted by molar-refractivity contribution is 5.32. The Hall–Kier alpha value is -1.94. The summed E-state index contributed by atoms with van der Waals surface area (Å²) in [6.07, 6.45) is 4.74. The van der Waals surface area contributed by atoms with Gasteiger partial charge in [-0.05, 0) is 31.9 Å². The zero-order valence-corrected chi connectivity index (χ0v) is 10.5. The number of hydrogen-bond donors (Lipinski definition) is 1. The van der Waals surface area contributed by atoms with E-state index in [2.05, 4.69) is 16.9 Å². The van der Waals surface area contributed by atoms with E-state index in [4.69, 9.17) is 0 Å². The van der Waals surface area contributed by atoms with Gasteiger partial charge in [-0.2, -0.15) is 0 Å². The lowest BCUT2D eigenvalue weighted by Gasteiger charge is -2.23. The molecule has 4 nitrogen and oxygen atoms in total. The minimum absolute atomic E-state index is 0.594. The molecule has 18 heavy (non-hydrogen) atoms. The molecule has 2 aromatic rings. The highest BCUT2D eigenvalue weighted by Gasteiger charge is 2.27. The van der Waals surface area contributed by atoms with Crippen LogP contribution in [0.5, 0.6) is 0 Å². The van der Waals surface area contributed by atoms with E-state index in [1.165, 1.54) is 0 Å². The number of aliphatic hydroxyl groups is 1. The van der Waals surface area contributed by atoms with Crippen LogP contribution < -0.4 is 0 Å². The topological polar surface area (TPSA) is 50.9 Å². The van der Waals surface area contributed by atoms with Crippen molar-refractivity contribution < 1.29 is 5.11 Å². The number of rotatable bonds is 5. The van der Waals surface area contributed by atoms with Crippen molar-refractivity contribution in [2.75, 3.05) is 0 Å². The smallest absolute Gasteiger partial charge is 0.106 e. The quantitative estimate of drug-likeness (QED) is 0.821. The summed E-state index contributed by atoms with van der Waals surface area (Å²) >= 11 is 0. The maximum Gasteiger partial charge on any atom is 0.106 e. The molecule has 0 aliphatic rings. The zero-order valence-electron chi connectivity index (χ0n) is 10.5. The second-order valence-corrected chi connectivity index (χ2v) is 4.47. The summed E-state index contributed by atoms with van der Waals surface area (Å²) in [5.41, 5.74) is 0.618. The van der Waals surface area contributed by atoms with Crippen molar-refractivity contribution in [1.82, 2.24) is 15.0 Å². The maximum atomic E-state index is 10.5. The van der Waals surface area contributed by atoms with Crippen molar-refractivity contribution in [2.24, 2.45) is 0 Å². The number of aromatic nitrogens is 3. The molecule has 1 heterocycles. The fraction of sp³-hybridized carbons (Fsp3) is 0.286. The lowest BCUT2D eigenvalue weighted by Crippen LogP contribution is -2.24. The first-order valence-electron chi connectivity index (χ1n) is 5.95. The summed E-state index contributed by atoms with van der Waals surface area (Å²) < 4.78 is 1.67. The van der Waals surface area contributed by atoms with Crippen LogP contribution in [0.3, 0.4) is 0 Å². The first-order chi connectivity index (χ1) is 8.65. The Bertz CT molecular complexity index is 517. The molecule has 0 amide bonds. The molecule has 0 aliphatic heterocycles. The van der Waals surface area contributed by atoms with Crippen molar-refractivity contribution >= 4 is 0 Å². The SMILES string of the molecule is C=CCCC(C)(O)c1cnnn1-c1ccccc1. The minimum Gasteiger partial charge on any atom is -0.384 e. The minimum atomic E-state index is -0.965. The molecule has 0 bridgehead atoms. The van der Waals surface area contributed by atoms with Gasteiger partial charge < -0.3 is 5.11 Å². The van der Waals surface area contributed by atoms with E-state index in [0.717, 1.165) is 12.1 Å². The summed E-state index contributed by atoms with van der Waals surface area (Å²) in [5.74, 6) is 0. The summed E-state index contributed by atoms with van der Waals surface area (Å²) in [6.45, 7) is 5.45. The Morgan fingerprint density at radius 2 is 2.11 bits per heavy atom. The Kier molecular flexibility index (Phi) is 3.58. The normalized spacial score (nSPS) is 14.1. The molecule has 4 heteroatoms. The van der Waals surface area contributed by atoms with E-state index in [9.17, 15) is 5.11 Å². The number of para-hydroxylation sites is 1. The van der Waals surface area contributed by atoms with E-state index >= 15 is 0 Å². The molecule has 0 saturated carbocycles. The van der Waals surface area contributed by atoms with Crippen molar-refractivity contribution in [3.05, 3.63) is 54.9 Å². The van der Waals surface area contributed by atoms with Gasteiger partial charge in [-0.1, -0.05) is 29.5 Å². The molecule has 0 radical (unpaired) electrons. The van der Waals surface area contributed by atoms with Crippen LogP contribution in [0.25, 0.3) is 5.69 Å². The van der Waals surface area contributed by atoms with E-state index in [0.29, 0.717) is 12.1 Å². The molecule has 1 unspecified atom stereocenters. The summed E-state index contributed by atoms with van der Waals surface area (Å²) in [5, 5.41) is 18.4. The van der Waals surface area contributed by atoms with Gasteiger partial charge in [0.25, 0.3) is 0 Å². The second-order valence-electron chi connectivity index (χ2n) is 4.47. The van der Waals surface area contributed by atoms with Crippen LogP contribution in [0.4, 0.5) is 0 Å². The molecule has 0 aliphatic carbocycles. The zero-order chi connectivity index (χ0) is 13.0. The predicted octanol–water partition coefficient (Wildman–Crippen LogP) is 2.44. The molecule has 0 saturated heterocycles. The molecular weight excluding hydrogens is 226 g/mol. The van der Waals surface area contributed by atoms with Crippen molar-refractivity contribution in [3.63, 3.8) is 0 Å². The first kappa shape index (κ1) is 12.5. The fourth-order valence-electron chi connectivity index (χ4n) is 1.87. The highest BCUT2D eigenvalue weighted by atomic mass is 16.3. The monoisotopic (exact) mass is 243 g/mol. The second kappa shape index (κ2) is 5.14. The van der Waals surface area contributed by atoms with Gasteiger partial charge in [0.05, 0.1) is 17.6 Å². The van der Waals surface area contributed by atoms with Crippen LogP contribution in [0.2, 0.25) is 0 Å². The molecule has 2 rings (SSSR count). The van der Waals surface area contributed by atoms with Crippen LogP contribution in [-0.4, -0.2) is 20.1 Å². The van der Waals surface area contributed by atoms with Crippen LogP contribution in [-0.2, 0) is 5.60 Å². The van der Waals surface area contributed by atoms with Crippen molar-refractivity contribution in [1.29, 1.82) is 0 Å². The molecule has 1 atom stereocenters. The summed E-state index contributed by atoms with van der Waals surface area (Å²) in [6, 6.07) is 9.66. The predicted molar refractivity (Wildman–Crippen MR) is 70.4 cm³/mol. The van der Waals surface area contributed by atoms with Crippen molar-refractivity contribution in [3.8, 4) is 5.69 Å². The summed E-state index contributed by atoms with van der Waals surface area (Å²) in [4.78, 5) is 0. The van der Waals surface area contributed by atoms with E-state index in [-0.39, 0.29) is 0 Å². The molecule has 1 N–H and O–H groups in total. The Labute approximate surface area is 107 Å². The average Bonchev–Trinajstić information content (AvgIpc) is 2.87. The molecule has 94 valence electrons. The Morgan fingerprint density at radius 1 is 1.39 bits per heavy atom. The van der Waals surface area contributed by atoms with Crippen LogP contribution in [0, 0.1) is 0 Å². The fourth-order valence-corrected chi connectivity index (χ4v) is 1.87. The molecule has 0 spiro atoms. The van der Waals surface area contributed by atoms with Crippen LogP contribution in [0.1, 0.15) is 25.5 Å². The van der Waals surface area contributed by atoms with Crippen molar-refractivity contribution in [2.45, 2.75) is 25.4 Å². The van der Waals surface area contributed by atoms with E-state index in [1.54, 1.807) is 23.9 Å². The van der Waals surface area contributed by atoms with E-state index in [1.807, 2.05) is 30.3 Å². The van der Waals surface area contributed by atoms with Gasteiger partial charge in [0.2, 0.25) is 0 Å². The first-order valence-corrected chi connectivity index (χ1v) is 5.95. The van der Waals surface area contributed by atoms with Gasteiger partial charge >= 0.3 is 0 Å². The molecular formula is C14H17N3O. The van der Waals surface area contributed by atoms with Gasteiger partial charge in [0.1, 0.15) is 5.60 Å². The molecule has 1 aromatic heterocycles. The van der Waals surface area contributed by atoms with Crippen LogP contribution in [0.15, 0.2) is 49.2 Å². The molecule has 1 aromatic carbocycles. The van der Waals surface area contributed by atoms with Gasteiger partial charge in [0, 0.05) is 0 Å². The maximum absolute atomic E-state index is 10.5. The third-order valence-electron chi connectivity index (χ3n) is 2.94. The highest BCUT2D eigenvalue weighted by Crippen LogP contribution is 2.26. The third-order valence-corrected chi connectivity index (χ3v) is 2.94. The Morgan fingerprint density at radius 3 is 2.78 bits per heavy atom. The Balaban J connectivity index is 2.36. The lowest BCUT2D eigenvalue weighted by atomic mass is 9.96. The number of nitrogens with zero attached hydrogens (tertiary/aromatic N) is 3. The largest absolute Gasteiger partial charge is 0.384 e. The van der Waals surface area contributed by atoms with Gasteiger partial charge in [-0.3, -0.25) is 0 Å². The third kappa shape index (κ3) is 2.49. The number of hydrogen-bond acceptors (Lipinski definition) is 3. The van der Waals surface area contributed by atoms with Crippen LogP contribution >= 0.6 is 0 Å². The van der Waals surface area contributed by atoms with Gasteiger partial charge in [-0.15, -0.1) is 11.7 Å². The van der Waals surface area contributed by atoms with E-state index < -0.39 is 5.60 Å². The number of benzene rings is 1. The summed E-state index contributed by atoms with van der Waals surface area (Å²) in [7, 11) is 0. The standard InChI is InChI=1S/C14H17N3O/c1-3-4-10-14(2,18)13-11-15-16-17(13)12-8-6-5-7-9-12/h3,5-9,11,18H,1,4,10H2,2H3. The van der Waals surface area contributed by atoms with Gasteiger partial charge in [0.15, 0.2) is 0 Å². The molecule has 0 fully saturated rings. The lowest BCUT2D eigenvalue weighted by molar-refractivity contribution is 0.0418. The van der Waals surface area contributed by atoms with Gasteiger partial charge in [-0.25, -0.2) is 4.68 Å². The number of allylic oxidation sites excluding steroid dienone is 1.